The van der Waals surface area contributed by atoms with E-state index in [4.69, 9.17) is 15.2 Å². The van der Waals surface area contributed by atoms with Crippen molar-refractivity contribution in [3.05, 3.63) is 0 Å². The van der Waals surface area contributed by atoms with Gasteiger partial charge in [0.15, 0.2) is 0 Å². The summed E-state index contributed by atoms with van der Waals surface area (Å²) in [6.07, 6.45) is 7.02. The number of nitrogens with two attached hydrogens (primary N) is 1. The van der Waals surface area contributed by atoms with Gasteiger partial charge in [-0.2, -0.15) is 0 Å². The summed E-state index contributed by atoms with van der Waals surface area (Å²) in [5.41, 5.74) is 5.53. The molecule has 1 saturated heterocycles. The number of carbonyl (C=O) groups excluding carboxylic acids is 1. The van der Waals surface area contributed by atoms with Gasteiger partial charge in [-0.15, -0.1) is 0 Å². The standard InChI is InChI=1S/C14H26N2O3/c15-14(6-2-1-3-7-14)13(17)16-8-4-9-19-12-5-10-18-11-12/h12H,1-11,15H2,(H,16,17). The van der Waals surface area contributed by atoms with Crippen molar-refractivity contribution in [3.8, 4) is 0 Å². The topological polar surface area (TPSA) is 73.6 Å². The maximum atomic E-state index is 12.0. The molecule has 0 radical (unpaired) electrons. The van der Waals surface area contributed by atoms with Gasteiger partial charge in [-0.1, -0.05) is 19.3 Å². The molecule has 3 N–H and O–H groups in total. The molecule has 1 aliphatic heterocycles. The number of hydrogen-bond acceptors (Lipinski definition) is 4. The second-order valence-corrected chi connectivity index (χ2v) is 5.68. The van der Waals surface area contributed by atoms with Crippen LogP contribution >= 0.6 is 0 Å². The molecule has 110 valence electrons. The van der Waals surface area contributed by atoms with Crippen LogP contribution in [0, 0.1) is 0 Å². The maximum Gasteiger partial charge on any atom is 0.240 e. The largest absolute Gasteiger partial charge is 0.379 e. The van der Waals surface area contributed by atoms with Crippen LogP contribution in [-0.2, 0) is 14.3 Å². The van der Waals surface area contributed by atoms with E-state index in [1.807, 2.05) is 0 Å². The van der Waals surface area contributed by atoms with Crippen molar-refractivity contribution in [1.82, 2.24) is 5.32 Å². The zero-order valence-corrected chi connectivity index (χ0v) is 11.7. The second kappa shape index (κ2) is 7.22. The highest BCUT2D eigenvalue weighted by Gasteiger charge is 2.34. The first-order valence-electron chi connectivity index (χ1n) is 7.47. The third-order valence-corrected chi connectivity index (χ3v) is 4.05. The fourth-order valence-electron chi connectivity index (χ4n) is 2.75. The molecule has 0 bridgehead atoms. The van der Waals surface area contributed by atoms with E-state index < -0.39 is 5.54 Å². The molecule has 0 aromatic heterocycles. The zero-order chi connectivity index (χ0) is 13.6. The molecule has 0 spiro atoms. The summed E-state index contributed by atoms with van der Waals surface area (Å²) < 4.78 is 10.9. The monoisotopic (exact) mass is 270 g/mol. The molecular formula is C14H26N2O3. The van der Waals surface area contributed by atoms with Gasteiger partial charge in [0.25, 0.3) is 0 Å². The van der Waals surface area contributed by atoms with Gasteiger partial charge in [-0.3, -0.25) is 4.79 Å². The highest BCUT2D eigenvalue weighted by Crippen LogP contribution is 2.25. The lowest BCUT2D eigenvalue weighted by Gasteiger charge is -2.31. The van der Waals surface area contributed by atoms with E-state index in [1.165, 1.54) is 6.42 Å². The third-order valence-electron chi connectivity index (χ3n) is 4.05. The molecule has 2 fully saturated rings. The number of amides is 1. The Kier molecular flexibility index (Phi) is 5.60. The van der Waals surface area contributed by atoms with Crippen LogP contribution in [0.1, 0.15) is 44.9 Å². The lowest BCUT2D eigenvalue weighted by molar-refractivity contribution is -0.127. The Labute approximate surface area is 115 Å². The van der Waals surface area contributed by atoms with Crippen molar-refractivity contribution in [2.45, 2.75) is 56.6 Å². The van der Waals surface area contributed by atoms with E-state index in [0.717, 1.165) is 45.1 Å². The van der Waals surface area contributed by atoms with Crippen molar-refractivity contribution >= 4 is 5.91 Å². The third kappa shape index (κ3) is 4.44. The van der Waals surface area contributed by atoms with E-state index >= 15 is 0 Å². The molecule has 1 unspecified atom stereocenters. The Morgan fingerprint density at radius 1 is 1.37 bits per heavy atom. The molecule has 2 rings (SSSR count). The molecule has 1 heterocycles. The van der Waals surface area contributed by atoms with E-state index in [2.05, 4.69) is 5.32 Å². The Morgan fingerprint density at radius 3 is 2.84 bits per heavy atom. The van der Waals surface area contributed by atoms with Gasteiger partial charge in [0, 0.05) is 19.8 Å². The minimum Gasteiger partial charge on any atom is -0.379 e. The van der Waals surface area contributed by atoms with Crippen LogP contribution in [-0.4, -0.2) is 43.9 Å². The van der Waals surface area contributed by atoms with Crippen LogP contribution in [0.4, 0.5) is 0 Å². The zero-order valence-electron chi connectivity index (χ0n) is 11.7. The smallest absolute Gasteiger partial charge is 0.240 e. The summed E-state index contributed by atoms with van der Waals surface area (Å²) in [5.74, 6) is 0.0106. The summed E-state index contributed by atoms with van der Waals surface area (Å²) in [4.78, 5) is 12.0. The Balaban J connectivity index is 1.55. The number of rotatable bonds is 6. The Morgan fingerprint density at radius 2 is 2.16 bits per heavy atom. The van der Waals surface area contributed by atoms with Crippen molar-refractivity contribution in [2.75, 3.05) is 26.4 Å². The van der Waals surface area contributed by atoms with Crippen LogP contribution in [0.3, 0.4) is 0 Å². The fraction of sp³-hybridized carbons (Fsp3) is 0.929. The Hall–Kier alpha value is -0.650. The van der Waals surface area contributed by atoms with Crippen LogP contribution < -0.4 is 11.1 Å². The highest BCUT2D eigenvalue weighted by molar-refractivity contribution is 5.86. The molecule has 1 aliphatic carbocycles. The molecule has 5 nitrogen and oxygen atoms in total. The lowest BCUT2D eigenvalue weighted by Crippen LogP contribution is -2.55. The average Bonchev–Trinajstić information content (AvgIpc) is 2.92. The van der Waals surface area contributed by atoms with Crippen molar-refractivity contribution in [2.24, 2.45) is 5.73 Å². The predicted molar refractivity (Wildman–Crippen MR) is 72.8 cm³/mol. The second-order valence-electron chi connectivity index (χ2n) is 5.68. The predicted octanol–water partition coefficient (Wildman–Crippen LogP) is 0.960. The first kappa shape index (κ1) is 14.8. The quantitative estimate of drug-likeness (QED) is 0.705. The normalized spacial score (nSPS) is 26.3. The van der Waals surface area contributed by atoms with Crippen molar-refractivity contribution < 1.29 is 14.3 Å². The first-order valence-corrected chi connectivity index (χ1v) is 7.47. The summed E-state index contributed by atoms with van der Waals surface area (Å²) in [6.45, 7) is 2.83. The van der Waals surface area contributed by atoms with Gasteiger partial charge in [0.05, 0.1) is 18.2 Å². The van der Waals surface area contributed by atoms with Crippen LogP contribution in [0.25, 0.3) is 0 Å². The van der Waals surface area contributed by atoms with E-state index in [0.29, 0.717) is 19.8 Å². The van der Waals surface area contributed by atoms with Crippen molar-refractivity contribution in [1.29, 1.82) is 0 Å². The molecule has 1 amide bonds. The highest BCUT2D eigenvalue weighted by atomic mass is 16.5. The molecule has 1 atom stereocenters. The lowest BCUT2D eigenvalue weighted by atomic mass is 9.82. The maximum absolute atomic E-state index is 12.0. The molecule has 1 saturated carbocycles. The van der Waals surface area contributed by atoms with Gasteiger partial charge >= 0.3 is 0 Å². The summed E-state index contributed by atoms with van der Waals surface area (Å²) in [6, 6.07) is 0. The van der Waals surface area contributed by atoms with Crippen LogP contribution in [0.15, 0.2) is 0 Å². The van der Waals surface area contributed by atoms with Crippen molar-refractivity contribution in [3.63, 3.8) is 0 Å². The number of carbonyl (C=O) groups is 1. The number of hydrogen-bond donors (Lipinski definition) is 2. The molecule has 2 aliphatic rings. The fourth-order valence-corrected chi connectivity index (χ4v) is 2.75. The molecular weight excluding hydrogens is 244 g/mol. The van der Waals surface area contributed by atoms with E-state index in [1.54, 1.807) is 0 Å². The summed E-state index contributed by atoms with van der Waals surface area (Å²) >= 11 is 0. The minimum absolute atomic E-state index is 0.0106. The van der Waals surface area contributed by atoms with Crippen LogP contribution in [0.5, 0.6) is 0 Å². The Bertz CT molecular complexity index is 284. The molecule has 0 aromatic rings. The number of nitrogens with one attached hydrogen (secondary N) is 1. The molecule has 0 aromatic carbocycles. The van der Waals surface area contributed by atoms with Gasteiger partial charge in [0.1, 0.15) is 0 Å². The van der Waals surface area contributed by atoms with Gasteiger partial charge in [-0.25, -0.2) is 0 Å². The SMILES string of the molecule is NC1(C(=O)NCCCOC2CCOC2)CCCCC1. The average molecular weight is 270 g/mol. The van der Waals surface area contributed by atoms with Gasteiger partial charge < -0.3 is 20.5 Å². The first-order chi connectivity index (χ1) is 9.21. The van der Waals surface area contributed by atoms with Gasteiger partial charge in [0.2, 0.25) is 5.91 Å². The van der Waals surface area contributed by atoms with E-state index in [9.17, 15) is 4.79 Å². The number of ether oxygens (including phenoxy) is 2. The summed E-state index contributed by atoms with van der Waals surface area (Å²) in [5, 5.41) is 2.94. The van der Waals surface area contributed by atoms with Gasteiger partial charge in [-0.05, 0) is 25.7 Å². The molecule has 19 heavy (non-hydrogen) atoms. The molecule has 5 heteroatoms. The van der Waals surface area contributed by atoms with E-state index in [-0.39, 0.29) is 12.0 Å². The summed E-state index contributed by atoms with van der Waals surface area (Å²) in [7, 11) is 0. The van der Waals surface area contributed by atoms with Crippen LogP contribution in [0.2, 0.25) is 0 Å². The minimum atomic E-state index is -0.627.